The van der Waals surface area contributed by atoms with Gasteiger partial charge in [-0.2, -0.15) is 9.78 Å². The lowest BCUT2D eigenvalue weighted by Gasteiger charge is -2.34. The van der Waals surface area contributed by atoms with E-state index in [0.717, 1.165) is 45.6 Å². The maximum Gasteiger partial charge on any atom is 0.344 e. The number of hydrogen-bond acceptors (Lipinski definition) is 4. The van der Waals surface area contributed by atoms with Crippen LogP contribution in [0.1, 0.15) is 48.2 Å². The second-order valence-corrected chi connectivity index (χ2v) is 9.23. The smallest absolute Gasteiger partial charge is 0.339 e. The lowest BCUT2D eigenvalue weighted by Crippen LogP contribution is -2.49. The van der Waals surface area contributed by atoms with E-state index in [-0.39, 0.29) is 11.9 Å². The quantitative estimate of drug-likeness (QED) is 0.525. The molecule has 0 N–H and O–H groups in total. The van der Waals surface area contributed by atoms with Gasteiger partial charge >= 0.3 is 6.03 Å². The van der Waals surface area contributed by atoms with Gasteiger partial charge < -0.3 is 9.80 Å². The van der Waals surface area contributed by atoms with Crippen molar-refractivity contribution >= 4 is 11.9 Å². The summed E-state index contributed by atoms with van der Waals surface area (Å²) in [4.78, 5) is 31.5. The van der Waals surface area contributed by atoms with Crippen LogP contribution in [0.25, 0.3) is 11.1 Å². The number of benzene rings is 2. The molecule has 2 amide bonds. The van der Waals surface area contributed by atoms with E-state index in [0.29, 0.717) is 18.7 Å². The van der Waals surface area contributed by atoms with Crippen LogP contribution in [0.2, 0.25) is 0 Å². The van der Waals surface area contributed by atoms with E-state index < -0.39 is 0 Å². The number of carbonyl (C=O) groups excluding carboxylic acids is 2. The highest BCUT2D eigenvalue weighted by atomic mass is 16.2. The molecule has 7 heteroatoms. The molecule has 190 valence electrons. The second kappa shape index (κ2) is 12.0. The van der Waals surface area contributed by atoms with Gasteiger partial charge in [-0.3, -0.25) is 9.69 Å². The Morgan fingerprint density at radius 3 is 2.19 bits per heavy atom. The fraction of sp³-hybridized carbons (Fsp3) is 0.414. The van der Waals surface area contributed by atoms with E-state index in [9.17, 15) is 9.59 Å². The van der Waals surface area contributed by atoms with Crippen molar-refractivity contribution in [3.63, 3.8) is 0 Å². The Bertz CT molecular complexity index is 1160. The summed E-state index contributed by atoms with van der Waals surface area (Å²) in [7, 11) is 0. The molecule has 0 spiro atoms. The van der Waals surface area contributed by atoms with Crippen LogP contribution < -0.4 is 0 Å². The Hall–Kier alpha value is -3.45. The van der Waals surface area contributed by atoms with Gasteiger partial charge in [0.2, 0.25) is 0 Å². The summed E-state index contributed by atoms with van der Waals surface area (Å²) < 4.78 is 1.31. The van der Waals surface area contributed by atoms with Gasteiger partial charge in [0.1, 0.15) is 0 Å². The van der Waals surface area contributed by atoms with Crippen molar-refractivity contribution in [2.75, 3.05) is 39.3 Å². The predicted octanol–water partition coefficient (Wildman–Crippen LogP) is 4.91. The molecule has 2 aromatic carbocycles. The van der Waals surface area contributed by atoms with Gasteiger partial charge in [0.25, 0.3) is 5.91 Å². The van der Waals surface area contributed by atoms with Crippen molar-refractivity contribution < 1.29 is 9.59 Å². The van der Waals surface area contributed by atoms with Crippen LogP contribution >= 0.6 is 0 Å². The molecule has 36 heavy (non-hydrogen) atoms. The summed E-state index contributed by atoms with van der Waals surface area (Å²) in [6, 6.07) is 16.9. The molecule has 0 aliphatic carbocycles. The number of hydrogen-bond donors (Lipinski definition) is 0. The number of rotatable bonds is 4. The van der Waals surface area contributed by atoms with Crippen LogP contribution in [0.4, 0.5) is 4.79 Å². The van der Waals surface area contributed by atoms with E-state index in [4.69, 9.17) is 0 Å². The fourth-order valence-corrected chi connectivity index (χ4v) is 4.81. The van der Waals surface area contributed by atoms with Gasteiger partial charge in [-0.1, -0.05) is 62.4 Å². The number of likely N-dealkylation sites (tertiary alicyclic amines) is 1. The molecule has 2 aliphatic rings. The molecular weight excluding hydrogens is 450 g/mol. The molecule has 0 bridgehead atoms. The first-order valence-corrected chi connectivity index (χ1v) is 13.1. The standard InChI is InChI=1S/C27H31N5O2.C2H6/c1-21-17-23(22-7-3-2-4-8-22)9-10-24(21)19-29-13-15-31(16-14-29)27(34)32-20-25(18-28-32)26(33)30-11-5-6-12-30;1-2/h2-4,7-10,17-18,20H,5-6,11-16,19H2,1H3;1-2H3. The monoisotopic (exact) mass is 487 g/mol. The van der Waals surface area contributed by atoms with Gasteiger partial charge in [0, 0.05) is 52.0 Å². The highest BCUT2D eigenvalue weighted by molar-refractivity contribution is 5.94. The summed E-state index contributed by atoms with van der Waals surface area (Å²) in [5.74, 6) is -0.0324. The average molecular weight is 488 g/mol. The third kappa shape index (κ3) is 5.85. The molecular formula is C29H37N5O2. The molecule has 0 saturated carbocycles. The zero-order chi connectivity index (χ0) is 25.5. The normalized spacial score (nSPS) is 16.0. The van der Waals surface area contributed by atoms with Crippen LogP contribution in [0, 0.1) is 6.92 Å². The van der Waals surface area contributed by atoms with Crippen LogP contribution in [0.15, 0.2) is 60.9 Å². The lowest BCUT2D eigenvalue weighted by atomic mass is 9.99. The largest absolute Gasteiger partial charge is 0.344 e. The number of piperazine rings is 1. The highest BCUT2D eigenvalue weighted by Gasteiger charge is 2.25. The van der Waals surface area contributed by atoms with Crippen molar-refractivity contribution in [1.82, 2.24) is 24.5 Å². The molecule has 3 aromatic rings. The van der Waals surface area contributed by atoms with E-state index >= 15 is 0 Å². The number of carbonyl (C=O) groups is 2. The second-order valence-electron chi connectivity index (χ2n) is 9.23. The van der Waals surface area contributed by atoms with Crippen molar-refractivity contribution in [3.05, 3.63) is 77.6 Å². The SMILES string of the molecule is CC.Cc1cc(-c2ccccc2)ccc1CN1CCN(C(=O)n2cc(C(=O)N3CCCC3)cn2)CC1. The minimum Gasteiger partial charge on any atom is -0.339 e. The number of aryl methyl sites for hydroxylation is 1. The molecule has 7 nitrogen and oxygen atoms in total. The third-order valence-electron chi connectivity index (χ3n) is 6.91. The Morgan fingerprint density at radius 1 is 0.833 bits per heavy atom. The van der Waals surface area contributed by atoms with Gasteiger partial charge in [-0.05, 0) is 42.0 Å². The zero-order valence-corrected chi connectivity index (χ0v) is 21.7. The number of amides is 2. The van der Waals surface area contributed by atoms with Gasteiger partial charge in [0.15, 0.2) is 0 Å². The molecule has 0 radical (unpaired) electrons. The van der Waals surface area contributed by atoms with Crippen LogP contribution in [0.3, 0.4) is 0 Å². The first-order valence-electron chi connectivity index (χ1n) is 13.1. The Kier molecular flexibility index (Phi) is 8.54. The molecule has 3 heterocycles. The highest BCUT2D eigenvalue weighted by Crippen LogP contribution is 2.23. The van der Waals surface area contributed by atoms with Crippen LogP contribution in [-0.4, -0.2) is 75.7 Å². The maximum atomic E-state index is 12.9. The molecule has 2 aliphatic heterocycles. The number of nitrogens with zero attached hydrogens (tertiary/aromatic N) is 5. The van der Waals surface area contributed by atoms with Crippen LogP contribution in [-0.2, 0) is 6.54 Å². The van der Waals surface area contributed by atoms with Crippen molar-refractivity contribution in [2.24, 2.45) is 0 Å². The number of aromatic nitrogens is 2. The molecule has 0 unspecified atom stereocenters. The van der Waals surface area contributed by atoms with Crippen molar-refractivity contribution in [2.45, 2.75) is 40.2 Å². The molecule has 5 rings (SSSR count). The minimum atomic E-state index is -0.163. The zero-order valence-electron chi connectivity index (χ0n) is 21.7. The molecule has 1 aromatic heterocycles. The van der Waals surface area contributed by atoms with E-state index in [1.54, 1.807) is 6.20 Å². The predicted molar refractivity (Wildman–Crippen MR) is 143 cm³/mol. The third-order valence-corrected chi connectivity index (χ3v) is 6.91. The molecule has 2 fully saturated rings. The van der Waals surface area contributed by atoms with Gasteiger partial charge in [-0.15, -0.1) is 0 Å². The van der Waals surface area contributed by atoms with E-state index in [1.807, 2.05) is 29.7 Å². The fourth-order valence-electron chi connectivity index (χ4n) is 4.81. The summed E-state index contributed by atoms with van der Waals surface area (Å²) in [6.45, 7) is 11.5. The van der Waals surface area contributed by atoms with Gasteiger partial charge in [-0.25, -0.2) is 4.79 Å². The first-order chi connectivity index (χ1) is 17.6. The minimum absolute atomic E-state index is 0.0324. The van der Waals surface area contributed by atoms with Crippen molar-refractivity contribution in [3.8, 4) is 11.1 Å². The van der Waals surface area contributed by atoms with Crippen molar-refractivity contribution in [1.29, 1.82) is 0 Å². The average Bonchev–Trinajstić information content (AvgIpc) is 3.64. The maximum absolute atomic E-state index is 12.9. The summed E-state index contributed by atoms with van der Waals surface area (Å²) in [6.07, 6.45) is 5.17. The molecule has 0 atom stereocenters. The summed E-state index contributed by atoms with van der Waals surface area (Å²) >= 11 is 0. The van der Waals surface area contributed by atoms with E-state index in [2.05, 4.69) is 59.4 Å². The van der Waals surface area contributed by atoms with E-state index in [1.165, 1.54) is 33.1 Å². The Labute approximate surface area is 214 Å². The topological polar surface area (TPSA) is 61.7 Å². The Balaban J connectivity index is 0.00000148. The van der Waals surface area contributed by atoms with Crippen LogP contribution in [0.5, 0.6) is 0 Å². The Morgan fingerprint density at radius 2 is 1.53 bits per heavy atom. The van der Waals surface area contributed by atoms with Gasteiger partial charge in [0.05, 0.1) is 11.8 Å². The lowest BCUT2D eigenvalue weighted by molar-refractivity contribution is 0.0793. The first kappa shape index (κ1) is 25.6. The summed E-state index contributed by atoms with van der Waals surface area (Å²) in [5.41, 5.74) is 5.55. The summed E-state index contributed by atoms with van der Waals surface area (Å²) in [5, 5.41) is 4.18. The molecule has 2 saturated heterocycles.